The summed E-state index contributed by atoms with van der Waals surface area (Å²) in [5.41, 5.74) is 3.28. The van der Waals surface area contributed by atoms with Crippen molar-refractivity contribution in [2.75, 3.05) is 5.88 Å². The molecule has 0 bridgehead atoms. The third-order valence-corrected chi connectivity index (χ3v) is 3.19. The van der Waals surface area contributed by atoms with E-state index < -0.39 is 0 Å². The molecule has 3 heteroatoms. The molecule has 0 radical (unpaired) electrons. The second-order valence-electron chi connectivity index (χ2n) is 3.76. The molecule has 0 N–H and O–H groups in total. The maximum atomic E-state index is 6.09. The Hall–Kier alpha value is -0.790. The van der Waals surface area contributed by atoms with Crippen LogP contribution in [0.15, 0.2) is 24.3 Å². The zero-order valence-corrected chi connectivity index (χ0v) is 10.6. The Balaban J connectivity index is 2.56. The minimum absolute atomic E-state index is 0.567. The minimum Gasteiger partial charge on any atom is -0.236 e. The van der Waals surface area contributed by atoms with Gasteiger partial charge >= 0.3 is 0 Å². The lowest BCUT2D eigenvalue weighted by Crippen LogP contribution is -1.92. The predicted molar refractivity (Wildman–Crippen MR) is 70.6 cm³/mol. The van der Waals surface area contributed by atoms with Crippen molar-refractivity contribution in [3.63, 3.8) is 0 Å². The summed E-state index contributed by atoms with van der Waals surface area (Å²) < 4.78 is 0. The molecular formula is C13H13Cl2N. The van der Waals surface area contributed by atoms with Gasteiger partial charge in [0.25, 0.3) is 0 Å². The number of alkyl halides is 1. The highest BCUT2D eigenvalue weighted by Gasteiger charge is 2.04. The Bertz CT molecular complexity index is 509. The van der Waals surface area contributed by atoms with Gasteiger partial charge in [0.2, 0.25) is 0 Å². The fourth-order valence-electron chi connectivity index (χ4n) is 1.74. The molecule has 0 atom stereocenters. The molecule has 0 fully saturated rings. The van der Waals surface area contributed by atoms with Gasteiger partial charge in [0.05, 0.1) is 5.52 Å². The monoisotopic (exact) mass is 253 g/mol. The molecule has 84 valence electrons. The summed E-state index contributed by atoms with van der Waals surface area (Å²) in [7, 11) is 0. The molecular weight excluding hydrogens is 241 g/mol. The molecule has 16 heavy (non-hydrogen) atoms. The van der Waals surface area contributed by atoms with Gasteiger partial charge in [0.15, 0.2) is 0 Å². The van der Waals surface area contributed by atoms with Gasteiger partial charge < -0.3 is 0 Å². The third kappa shape index (κ3) is 2.31. The number of fused-ring (bicyclic) bond motifs is 1. The highest BCUT2D eigenvalue weighted by molar-refractivity contribution is 6.30. The number of hydrogen-bond donors (Lipinski definition) is 0. The molecule has 1 heterocycles. The zero-order chi connectivity index (χ0) is 11.5. The minimum atomic E-state index is 0.567. The first-order valence-corrected chi connectivity index (χ1v) is 6.30. The topological polar surface area (TPSA) is 12.9 Å². The van der Waals surface area contributed by atoms with Gasteiger partial charge in [-0.25, -0.2) is 4.98 Å². The van der Waals surface area contributed by atoms with E-state index in [9.17, 15) is 0 Å². The van der Waals surface area contributed by atoms with Crippen LogP contribution in [0.1, 0.15) is 18.1 Å². The number of halogens is 2. The Morgan fingerprint density at radius 1 is 1.25 bits per heavy atom. The highest BCUT2D eigenvalue weighted by Crippen LogP contribution is 2.22. The summed E-state index contributed by atoms with van der Waals surface area (Å²) in [6.07, 6.45) is 1.79. The van der Waals surface area contributed by atoms with Crippen molar-refractivity contribution in [2.24, 2.45) is 0 Å². The second kappa shape index (κ2) is 5.03. The summed E-state index contributed by atoms with van der Waals surface area (Å²) in [6.45, 7) is 2.14. The first kappa shape index (κ1) is 11.7. The van der Waals surface area contributed by atoms with Crippen LogP contribution in [0.5, 0.6) is 0 Å². The molecule has 0 saturated carbocycles. The van der Waals surface area contributed by atoms with E-state index in [0.29, 0.717) is 11.0 Å². The maximum absolute atomic E-state index is 6.09. The predicted octanol–water partition coefficient (Wildman–Crippen LogP) is 4.23. The molecule has 2 aromatic rings. The van der Waals surface area contributed by atoms with E-state index in [2.05, 4.69) is 30.1 Å². The van der Waals surface area contributed by atoms with Crippen molar-refractivity contribution in [3.8, 4) is 0 Å². The van der Waals surface area contributed by atoms with E-state index >= 15 is 0 Å². The number of pyridine rings is 1. The van der Waals surface area contributed by atoms with Crippen LogP contribution in [0.25, 0.3) is 10.9 Å². The van der Waals surface area contributed by atoms with E-state index in [1.165, 1.54) is 5.56 Å². The van der Waals surface area contributed by atoms with Crippen LogP contribution >= 0.6 is 23.2 Å². The van der Waals surface area contributed by atoms with Crippen LogP contribution < -0.4 is 0 Å². The van der Waals surface area contributed by atoms with Crippen LogP contribution in [0.3, 0.4) is 0 Å². The summed E-state index contributed by atoms with van der Waals surface area (Å²) in [4.78, 5) is 4.38. The van der Waals surface area contributed by atoms with Crippen LogP contribution in [-0.4, -0.2) is 10.9 Å². The Kier molecular flexibility index (Phi) is 3.67. The van der Waals surface area contributed by atoms with Crippen LogP contribution in [0, 0.1) is 0 Å². The Labute approximate surface area is 105 Å². The van der Waals surface area contributed by atoms with Gasteiger partial charge in [-0.3, -0.25) is 0 Å². The SMILES string of the molecule is CCc1ccc2nc(Cl)c(CCCl)cc2c1. The Morgan fingerprint density at radius 3 is 2.75 bits per heavy atom. The van der Waals surface area contributed by atoms with Crippen molar-refractivity contribution in [1.29, 1.82) is 0 Å². The largest absolute Gasteiger partial charge is 0.236 e. The summed E-state index contributed by atoms with van der Waals surface area (Å²) >= 11 is 11.8. The molecule has 0 aliphatic carbocycles. The van der Waals surface area contributed by atoms with Crippen LogP contribution in [-0.2, 0) is 12.8 Å². The number of nitrogens with zero attached hydrogens (tertiary/aromatic N) is 1. The van der Waals surface area contributed by atoms with E-state index in [1.54, 1.807) is 0 Å². The quantitative estimate of drug-likeness (QED) is 0.590. The number of benzene rings is 1. The first-order chi connectivity index (χ1) is 7.74. The fraction of sp³-hybridized carbons (Fsp3) is 0.308. The van der Waals surface area contributed by atoms with Gasteiger partial charge in [-0.15, -0.1) is 11.6 Å². The molecule has 0 amide bonds. The van der Waals surface area contributed by atoms with Crippen LogP contribution in [0.2, 0.25) is 5.15 Å². The lowest BCUT2D eigenvalue weighted by molar-refractivity contribution is 1.12. The average molecular weight is 254 g/mol. The summed E-state index contributed by atoms with van der Waals surface area (Å²) in [6, 6.07) is 8.36. The zero-order valence-electron chi connectivity index (χ0n) is 9.13. The molecule has 0 aliphatic heterocycles. The van der Waals surface area contributed by atoms with Crippen LogP contribution in [0.4, 0.5) is 0 Å². The normalized spacial score (nSPS) is 10.9. The smallest absolute Gasteiger partial charge is 0.133 e. The molecule has 0 spiro atoms. The fourth-order valence-corrected chi connectivity index (χ4v) is 2.19. The van der Waals surface area contributed by atoms with Gasteiger partial charge in [-0.05, 0) is 42.2 Å². The molecule has 1 nitrogen and oxygen atoms in total. The van der Waals surface area contributed by atoms with E-state index in [0.717, 1.165) is 29.3 Å². The number of rotatable bonds is 3. The van der Waals surface area contributed by atoms with Crippen molar-refractivity contribution < 1.29 is 0 Å². The molecule has 1 aromatic heterocycles. The first-order valence-electron chi connectivity index (χ1n) is 5.38. The van der Waals surface area contributed by atoms with E-state index in [-0.39, 0.29) is 0 Å². The van der Waals surface area contributed by atoms with Gasteiger partial charge in [0, 0.05) is 11.3 Å². The van der Waals surface area contributed by atoms with Crippen molar-refractivity contribution in [1.82, 2.24) is 4.98 Å². The molecule has 2 rings (SSSR count). The third-order valence-electron chi connectivity index (χ3n) is 2.68. The van der Waals surface area contributed by atoms with Gasteiger partial charge in [-0.1, -0.05) is 24.6 Å². The second-order valence-corrected chi connectivity index (χ2v) is 4.49. The summed E-state index contributed by atoms with van der Waals surface area (Å²) in [5, 5.41) is 1.71. The standard InChI is InChI=1S/C13H13Cl2N/c1-2-9-3-4-12-11(7-9)8-10(5-6-14)13(15)16-12/h3-4,7-8H,2,5-6H2,1H3. The average Bonchev–Trinajstić information content (AvgIpc) is 2.30. The number of hydrogen-bond acceptors (Lipinski definition) is 1. The molecule has 0 unspecified atom stereocenters. The number of aryl methyl sites for hydroxylation is 2. The summed E-state index contributed by atoms with van der Waals surface area (Å²) in [5.74, 6) is 0.570. The van der Waals surface area contributed by atoms with E-state index in [4.69, 9.17) is 23.2 Å². The van der Waals surface area contributed by atoms with E-state index in [1.807, 2.05) is 6.07 Å². The lowest BCUT2D eigenvalue weighted by Gasteiger charge is -2.05. The maximum Gasteiger partial charge on any atom is 0.133 e. The van der Waals surface area contributed by atoms with Crippen molar-refractivity contribution >= 4 is 34.1 Å². The van der Waals surface area contributed by atoms with Gasteiger partial charge in [0.1, 0.15) is 5.15 Å². The van der Waals surface area contributed by atoms with Gasteiger partial charge in [-0.2, -0.15) is 0 Å². The molecule has 1 aromatic carbocycles. The number of aromatic nitrogens is 1. The van der Waals surface area contributed by atoms with Crippen molar-refractivity contribution in [3.05, 3.63) is 40.5 Å². The lowest BCUT2D eigenvalue weighted by atomic mass is 10.1. The van der Waals surface area contributed by atoms with Crippen molar-refractivity contribution in [2.45, 2.75) is 19.8 Å². The molecule has 0 aliphatic rings. The Morgan fingerprint density at radius 2 is 2.06 bits per heavy atom. The highest BCUT2D eigenvalue weighted by atomic mass is 35.5. The molecule has 0 saturated heterocycles.